The number of methoxy groups -OCH3 is 1. The minimum Gasteiger partial charge on any atom is -0.494 e. The highest BCUT2D eigenvalue weighted by Gasteiger charge is 2.28. The van der Waals surface area contributed by atoms with Gasteiger partial charge in [0.2, 0.25) is 5.91 Å². The number of amides is 1. The second kappa shape index (κ2) is 9.01. The topological polar surface area (TPSA) is 67.9 Å². The Balaban J connectivity index is 1.63. The molecule has 0 spiro atoms. The normalized spacial score (nSPS) is 16.9. The van der Waals surface area contributed by atoms with Crippen LogP contribution in [0.3, 0.4) is 0 Å². The number of anilines is 1. The van der Waals surface area contributed by atoms with Crippen LogP contribution in [0.2, 0.25) is 0 Å². The van der Waals surface area contributed by atoms with Crippen molar-refractivity contribution < 1.29 is 19.1 Å². The Hall–Kier alpha value is -2.38. The third-order valence-electron chi connectivity index (χ3n) is 4.60. The molecule has 1 saturated heterocycles. The van der Waals surface area contributed by atoms with Crippen LogP contribution in [0.25, 0.3) is 0 Å². The first-order valence-corrected chi connectivity index (χ1v) is 9.92. The average Bonchev–Trinajstić information content (AvgIpc) is 3.31. The largest absolute Gasteiger partial charge is 0.494 e. The molecule has 144 valence electrons. The number of hydrogen-bond donors (Lipinski definition) is 1. The molecule has 0 aliphatic carbocycles. The van der Waals surface area contributed by atoms with Gasteiger partial charge < -0.3 is 14.8 Å². The lowest BCUT2D eigenvalue weighted by Gasteiger charge is -2.24. The Morgan fingerprint density at radius 1 is 1.26 bits per heavy atom. The fraction of sp³-hybridized carbons (Fsp3) is 0.400. The first kappa shape index (κ1) is 19.4. The van der Waals surface area contributed by atoms with Crippen molar-refractivity contribution in [3.05, 3.63) is 46.2 Å². The molecule has 1 atom stereocenters. The SMILES string of the molecule is CCOc1ccc(C2CCCN2CC(=O)Nc2ccsc2C(=O)OC)cc1. The van der Waals surface area contributed by atoms with Crippen molar-refractivity contribution in [3.63, 3.8) is 0 Å². The molecule has 6 nitrogen and oxygen atoms in total. The molecule has 1 aliphatic rings. The maximum absolute atomic E-state index is 12.5. The van der Waals surface area contributed by atoms with Gasteiger partial charge in [-0.1, -0.05) is 12.1 Å². The summed E-state index contributed by atoms with van der Waals surface area (Å²) >= 11 is 1.25. The predicted molar refractivity (Wildman–Crippen MR) is 105 cm³/mol. The van der Waals surface area contributed by atoms with Gasteiger partial charge in [-0.3, -0.25) is 9.69 Å². The van der Waals surface area contributed by atoms with Crippen LogP contribution in [-0.4, -0.2) is 43.6 Å². The smallest absolute Gasteiger partial charge is 0.350 e. The summed E-state index contributed by atoms with van der Waals surface area (Å²) in [5.41, 5.74) is 1.70. The molecule has 0 radical (unpaired) electrons. The molecule has 1 aromatic heterocycles. The van der Waals surface area contributed by atoms with Crippen molar-refractivity contribution in [3.8, 4) is 5.75 Å². The summed E-state index contributed by atoms with van der Waals surface area (Å²) in [7, 11) is 1.33. The number of carbonyl (C=O) groups excluding carboxylic acids is 2. The lowest BCUT2D eigenvalue weighted by atomic mass is 10.0. The minimum atomic E-state index is -0.436. The van der Waals surface area contributed by atoms with E-state index in [0.717, 1.165) is 25.1 Å². The summed E-state index contributed by atoms with van der Waals surface area (Å²) in [5.74, 6) is 0.293. The highest BCUT2D eigenvalue weighted by atomic mass is 32.1. The van der Waals surface area contributed by atoms with E-state index in [-0.39, 0.29) is 18.5 Å². The molecule has 1 fully saturated rings. The zero-order valence-corrected chi connectivity index (χ0v) is 16.4. The maximum Gasteiger partial charge on any atom is 0.350 e. The van der Waals surface area contributed by atoms with Crippen LogP contribution in [0.15, 0.2) is 35.7 Å². The molecule has 3 rings (SSSR count). The highest BCUT2D eigenvalue weighted by molar-refractivity contribution is 7.12. The van der Waals surface area contributed by atoms with Gasteiger partial charge in [-0.15, -0.1) is 11.3 Å². The number of ether oxygens (including phenoxy) is 2. The molecule has 7 heteroatoms. The van der Waals surface area contributed by atoms with E-state index in [1.807, 2.05) is 19.1 Å². The number of thiophene rings is 1. The summed E-state index contributed by atoms with van der Waals surface area (Å²) in [6, 6.07) is 10.0. The van der Waals surface area contributed by atoms with Crippen LogP contribution in [0.1, 0.15) is 41.0 Å². The molecule has 1 aliphatic heterocycles. The van der Waals surface area contributed by atoms with Crippen molar-refractivity contribution in [2.75, 3.05) is 32.1 Å². The number of esters is 1. The predicted octanol–water partition coefficient (Wildman–Crippen LogP) is 3.71. The Labute approximate surface area is 163 Å². The molecule has 1 aromatic carbocycles. The van der Waals surface area contributed by atoms with Crippen molar-refractivity contribution in [2.24, 2.45) is 0 Å². The number of nitrogens with zero attached hydrogens (tertiary/aromatic N) is 1. The molecule has 1 unspecified atom stereocenters. The number of nitrogens with one attached hydrogen (secondary N) is 1. The van der Waals surface area contributed by atoms with Crippen LogP contribution in [0, 0.1) is 0 Å². The first-order chi connectivity index (χ1) is 13.1. The summed E-state index contributed by atoms with van der Waals surface area (Å²) in [5, 5.41) is 4.60. The molecule has 0 saturated carbocycles. The highest BCUT2D eigenvalue weighted by Crippen LogP contribution is 2.32. The van der Waals surface area contributed by atoms with E-state index < -0.39 is 5.97 Å². The lowest BCUT2D eigenvalue weighted by molar-refractivity contribution is -0.117. The van der Waals surface area contributed by atoms with Crippen molar-refractivity contribution in [2.45, 2.75) is 25.8 Å². The molecule has 27 heavy (non-hydrogen) atoms. The molecule has 1 N–H and O–H groups in total. The number of carbonyl (C=O) groups is 2. The van der Waals surface area contributed by atoms with E-state index >= 15 is 0 Å². The molecular weight excluding hydrogens is 364 g/mol. The van der Waals surface area contributed by atoms with E-state index in [4.69, 9.17) is 9.47 Å². The summed E-state index contributed by atoms with van der Waals surface area (Å²) in [6.45, 7) is 3.77. The first-order valence-electron chi connectivity index (χ1n) is 9.04. The molecular formula is C20H24N2O4S. The second-order valence-corrected chi connectivity index (χ2v) is 7.25. The van der Waals surface area contributed by atoms with Crippen LogP contribution in [0.4, 0.5) is 5.69 Å². The zero-order valence-electron chi connectivity index (χ0n) is 15.6. The van der Waals surface area contributed by atoms with E-state index in [2.05, 4.69) is 22.3 Å². The van der Waals surface area contributed by atoms with Gasteiger partial charge in [0.15, 0.2) is 0 Å². The van der Waals surface area contributed by atoms with Crippen LogP contribution >= 0.6 is 11.3 Å². The van der Waals surface area contributed by atoms with Crippen molar-refractivity contribution in [1.29, 1.82) is 0 Å². The van der Waals surface area contributed by atoms with Gasteiger partial charge in [0, 0.05) is 6.04 Å². The van der Waals surface area contributed by atoms with Gasteiger partial charge in [-0.25, -0.2) is 4.79 Å². The lowest BCUT2D eigenvalue weighted by Crippen LogP contribution is -2.33. The Kier molecular flexibility index (Phi) is 6.47. The zero-order chi connectivity index (χ0) is 19.2. The third kappa shape index (κ3) is 4.67. The van der Waals surface area contributed by atoms with Gasteiger partial charge >= 0.3 is 5.97 Å². The van der Waals surface area contributed by atoms with Crippen molar-refractivity contribution in [1.82, 2.24) is 4.90 Å². The standard InChI is InChI=1S/C20H24N2O4S/c1-3-26-15-8-6-14(7-9-15)17-5-4-11-22(17)13-18(23)21-16-10-12-27-19(16)20(24)25-2/h6-10,12,17H,3-5,11,13H2,1-2H3,(H,21,23). The van der Waals surface area contributed by atoms with E-state index in [0.29, 0.717) is 17.2 Å². The van der Waals surface area contributed by atoms with Gasteiger partial charge in [0.05, 0.1) is 25.9 Å². The number of likely N-dealkylation sites (tertiary alicyclic amines) is 1. The van der Waals surface area contributed by atoms with E-state index in [1.165, 1.54) is 24.0 Å². The number of rotatable bonds is 7. The summed E-state index contributed by atoms with van der Waals surface area (Å²) in [6.07, 6.45) is 2.07. The molecule has 1 amide bonds. The Morgan fingerprint density at radius 2 is 2.04 bits per heavy atom. The average molecular weight is 388 g/mol. The Bertz CT molecular complexity index is 788. The Morgan fingerprint density at radius 3 is 2.74 bits per heavy atom. The van der Waals surface area contributed by atoms with Crippen LogP contribution < -0.4 is 10.1 Å². The molecule has 2 heterocycles. The van der Waals surface area contributed by atoms with Crippen molar-refractivity contribution >= 4 is 28.9 Å². The summed E-state index contributed by atoms with van der Waals surface area (Å²) < 4.78 is 10.3. The summed E-state index contributed by atoms with van der Waals surface area (Å²) in [4.78, 5) is 26.9. The third-order valence-corrected chi connectivity index (χ3v) is 5.49. The van der Waals surface area contributed by atoms with Crippen LogP contribution in [0.5, 0.6) is 5.75 Å². The molecule has 2 aromatic rings. The number of hydrogen-bond acceptors (Lipinski definition) is 6. The monoisotopic (exact) mass is 388 g/mol. The van der Waals surface area contributed by atoms with Gasteiger partial charge in [0.25, 0.3) is 0 Å². The quantitative estimate of drug-likeness (QED) is 0.733. The maximum atomic E-state index is 12.5. The van der Waals surface area contributed by atoms with Gasteiger partial charge in [-0.05, 0) is 55.5 Å². The van der Waals surface area contributed by atoms with Gasteiger partial charge in [-0.2, -0.15) is 0 Å². The van der Waals surface area contributed by atoms with E-state index in [9.17, 15) is 9.59 Å². The van der Waals surface area contributed by atoms with Crippen LogP contribution in [-0.2, 0) is 9.53 Å². The number of benzene rings is 1. The van der Waals surface area contributed by atoms with Gasteiger partial charge in [0.1, 0.15) is 10.6 Å². The second-order valence-electron chi connectivity index (χ2n) is 6.33. The molecule has 0 bridgehead atoms. The fourth-order valence-electron chi connectivity index (χ4n) is 3.38. The minimum absolute atomic E-state index is 0.128. The fourth-order valence-corrected chi connectivity index (χ4v) is 4.14. The van der Waals surface area contributed by atoms with E-state index in [1.54, 1.807) is 11.4 Å².